The van der Waals surface area contributed by atoms with Crippen molar-refractivity contribution in [2.24, 2.45) is 7.05 Å². The van der Waals surface area contributed by atoms with Crippen LogP contribution in [0.15, 0.2) is 23.4 Å². The van der Waals surface area contributed by atoms with Gasteiger partial charge in [-0.15, -0.1) is 5.10 Å². The van der Waals surface area contributed by atoms with Gasteiger partial charge >= 0.3 is 0 Å². The first-order chi connectivity index (χ1) is 12.8. The Labute approximate surface area is 162 Å². The fraction of sp³-hybridized carbons (Fsp3) is 0.389. The van der Waals surface area contributed by atoms with Crippen LogP contribution in [0.3, 0.4) is 0 Å². The maximum atomic E-state index is 12.7. The van der Waals surface area contributed by atoms with Gasteiger partial charge in [-0.2, -0.15) is 9.78 Å². The number of hydrogen-bond donors (Lipinski definition) is 1. The number of anilines is 1. The van der Waals surface area contributed by atoms with E-state index < -0.39 is 0 Å². The molecule has 0 bridgehead atoms. The van der Waals surface area contributed by atoms with E-state index in [1.54, 1.807) is 9.36 Å². The smallest absolute Gasteiger partial charge is 0.237 e. The van der Waals surface area contributed by atoms with Crippen LogP contribution in [-0.4, -0.2) is 41.1 Å². The number of nitrogens with one attached hydrogen (secondary N) is 1. The third kappa shape index (κ3) is 3.87. The number of hydrogen-bond acceptors (Lipinski definition) is 6. The Morgan fingerprint density at radius 3 is 2.56 bits per heavy atom. The van der Waals surface area contributed by atoms with E-state index in [0.29, 0.717) is 5.16 Å². The van der Waals surface area contributed by atoms with Gasteiger partial charge in [0.05, 0.1) is 28.0 Å². The third-order valence-corrected chi connectivity index (χ3v) is 5.62. The predicted octanol–water partition coefficient (Wildman–Crippen LogP) is 2.75. The van der Waals surface area contributed by atoms with Crippen LogP contribution in [0, 0.1) is 27.7 Å². The van der Waals surface area contributed by atoms with Gasteiger partial charge < -0.3 is 5.32 Å². The van der Waals surface area contributed by atoms with Gasteiger partial charge in [0, 0.05) is 7.05 Å². The van der Waals surface area contributed by atoms with Gasteiger partial charge in [-0.05, 0) is 68.3 Å². The minimum atomic E-state index is -0.375. The number of tetrazole rings is 1. The second-order valence-corrected chi connectivity index (χ2v) is 7.87. The zero-order valence-corrected chi connectivity index (χ0v) is 17.1. The minimum absolute atomic E-state index is 0.117. The lowest BCUT2D eigenvalue weighted by Crippen LogP contribution is -2.23. The lowest BCUT2D eigenvalue weighted by molar-refractivity contribution is -0.115. The lowest BCUT2D eigenvalue weighted by Gasteiger charge is -2.12. The number of benzene rings is 1. The van der Waals surface area contributed by atoms with Crippen LogP contribution in [0.25, 0.3) is 5.69 Å². The Bertz CT molecular complexity index is 992. The summed E-state index contributed by atoms with van der Waals surface area (Å²) in [4.78, 5) is 12.7. The Balaban J connectivity index is 1.76. The molecule has 2 heterocycles. The molecule has 0 unspecified atom stereocenters. The minimum Gasteiger partial charge on any atom is -0.322 e. The van der Waals surface area contributed by atoms with Crippen molar-refractivity contribution in [2.45, 2.75) is 45.0 Å². The number of aromatic nitrogens is 6. The maximum Gasteiger partial charge on any atom is 0.237 e. The molecule has 1 amide bonds. The predicted molar refractivity (Wildman–Crippen MR) is 105 cm³/mol. The van der Waals surface area contributed by atoms with E-state index in [2.05, 4.69) is 32.9 Å². The number of rotatable bonds is 5. The van der Waals surface area contributed by atoms with Crippen LogP contribution in [0.2, 0.25) is 0 Å². The fourth-order valence-corrected chi connectivity index (χ4v) is 3.47. The number of aryl methyl sites for hydroxylation is 4. The molecule has 0 saturated heterocycles. The summed E-state index contributed by atoms with van der Waals surface area (Å²) in [7, 11) is 1.86. The molecule has 0 aliphatic carbocycles. The monoisotopic (exact) mass is 385 g/mol. The molecule has 9 heteroatoms. The van der Waals surface area contributed by atoms with Crippen molar-refractivity contribution in [3.63, 3.8) is 0 Å². The standard InChI is InChI=1S/C18H23N7OS/c1-10-7-8-15(9-11(10)2)25-18(20-22-23-25)27-14(5)17(26)19-16-12(3)21-24(6)13(16)4/h7-9,14H,1-6H3,(H,19,26)/t14-/m0/s1. The van der Waals surface area contributed by atoms with Gasteiger partial charge in [0.2, 0.25) is 11.1 Å². The summed E-state index contributed by atoms with van der Waals surface area (Å²) >= 11 is 1.32. The topological polar surface area (TPSA) is 90.5 Å². The molecule has 0 aliphatic heterocycles. The van der Waals surface area contributed by atoms with Crippen LogP contribution >= 0.6 is 11.8 Å². The van der Waals surface area contributed by atoms with Crippen LogP contribution in [0.1, 0.15) is 29.4 Å². The summed E-state index contributed by atoms with van der Waals surface area (Å²) in [6, 6.07) is 6.03. The highest BCUT2D eigenvalue weighted by atomic mass is 32.2. The van der Waals surface area contributed by atoms with E-state index in [-0.39, 0.29) is 11.2 Å². The molecule has 2 aromatic heterocycles. The zero-order chi connectivity index (χ0) is 19.7. The zero-order valence-electron chi connectivity index (χ0n) is 16.3. The summed E-state index contributed by atoms with van der Waals surface area (Å²) in [5.41, 5.74) is 5.70. The molecule has 27 heavy (non-hydrogen) atoms. The van der Waals surface area contributed by atoms with Crippen LogP contribution < -0.4 is 5.32 Å². The van der Waals surface area contributed by atoms with E-state index in [1.165, 1.54) is 17.3 Å². The molecular weight excluding hydrogens is 362 g/mol. The van der Waals surface area contributed by atoms with Crippen molar-refractivity contribution in [1.29, 1.82) is 0 Å². The molecule has 8 nitrogen and oxygen atoms in total. The number of nitrogens with zero attached hydrogens (tertiary/aromatic N) is 6. The van der Waals surface area contributed by atoms with Crippen molar-refractivity contribution in [1.82, 2.24) is 30.0 Å². The van der Waals surface area contributed by atoms with Crippen LogP contribution in [-0.2, 0) is 11.8 Å². The van der Waals surface area contributed by atoms with Crippen LogP contribution in [0.4, 0.5) is 5.69 Å². The largest absolute Gasteiger partial charge is 0.322 e. The van der Waals surface area contributed by atoms with Gasteiger partial charge in [-0.25, -0.2) is 0 Å². The first-order valence-corrected chi connectivity index (χ1v) is 9.49. The van der Waals surface area contributed by atoms with Crippen molar-refractivity contribution in [3.8, 4) is 5.69 Å². The Hall–Kier alpha value is -2.68. The summed E-state index contributed by atoms with van der Waals surface area (Å²) < 4.78 is 3.41. The van der Waals surface area contributed by atoms with Gasteiger partial charge in [-0.1, -0.05) is 17.8 Å². The van der Waals surface area contributed by atoms with E-state index in [1.807, 2.05) is 52.9 Å². The molecule has 0 fully saturated rings. The molecule has 0 saturated carbocycles. The molecule has 0 spiro atoms. The van der Waals surface area contributed by atoms with E-state index in [9.17, 15) is 4.79 Å². The lowest BCUT2D eigenvalue weighted by atomic mass is 10.1. The number of thioether (sulfide) groups is 1. The second kappa shape index (κ2) is 7.51. The summed E-state index contributed by atoms with van der Waals surface area (Å²) in [5.74, 6) is -0.117. The highest BCUT2D eigenvalue weighted by Crippen LogP contribution is 2.26. The number of carbonyl (C=O) groups is 1. The molecule has 1 N–H and O–H groups in total. The van der Waals surface area contributed by atoms with E-state index in [4.69, 9.17) is 0 Å². The highest BCUT2D eigenvalue weighted by molar-refractivity contribution is 8.00. The van der Waals surface area contributed by atoms with Gasteiger partial charge in [0.1, 0.15) is 0 Å². The second-order valence-electron chi connectivity index (χ2n) is 6.56. The molecule has 1 aromatic carbocycles. The first-order valence-electron chi connectivity index (χ1n) is 8.61. The number of carbonyl (C=O) groups excluding carboxylic acids is 1. The van der Waals surface area contributed by atoms with Crippen molar-refractivity contribution in [2.75, 3.05) is 5.32 Å². The Kier molecular flexibility index (Phi) is 5.31. The average Bonchev–Trinajstić information content (AvgIpc) is 3.17. The van der Waals surface area contributed by atoms with Crippen molar-refractivity contribution in [3.05, 3.63) is 40.7 Å². The Morgan fingerprint density at radius 1 is 1.19 bits per heavy atom. The molecule has 3 rings (SSSR count). The van der Waals surface area contributed by atoms with Crippen molar-refractivity contribution >= 4 is 23.4 Å². The molecule has 142 valence electrons. The quantitative estimate of drug-likeness (QED) is 0.679. The normalized spacial score (nSPS) is 12.2. The van der Waals surface area contributed by atoms with Gasteiger partial charge in [0.15, 0.2) is 0 Å². The van der Waals surface area contributed by atoms with E-state index >= 15 is 0 Å². The molecule has 0 radical (unpaired) electrons. The number of amides is 1. The van der Waals surface area contributed by atoms with Gasteiger partial charge in [0.25, 0.3) is 0 Å². The molecule has 3 aromatic rings. The maximum absolute atomic E-state index is 12.7. The molecular formula is C18H23N7OS. The molecule has 0 aliphatic rings. The summed E-state index contributed by atoms with van der Waals surface area (Å²) in [6.45, 7) is 9.74. The SMILES string of the molecule is Cc1ccc(-n2nnnc2S[C@@H](C)C(=O)Nc2c(C)nn(C)c2C)cc1C. The van der Waals surface area contributed by atoms with Crippen molar-refractivity contribution < 1.29 is 4.79 Å². The van der Waals surface area contributed by atoms with E-state index in [0.717, 1.165) is 28.3 Å². The summed E-state index contributed by atoms with van der Waals surface area (Å²) in [5, 5.41) is 19.4. The average molecular weight is 385 g/mol. The first kappa shape index (κ1) is 19.1. The Morgan fingerprint density at radius 2 is 1.93 bits per heavy atom. The molecule has 1 atom stereocenters. The summed E-state index contributed by atoms with van der Waals surface area (Å²) in [6.07, 6.45) is 0. The van der Waals surface area contributed by atoms with Crippen LogP contribution in [0.5, 0.6) is 0 Å². The highest BCUT2D eigenvalue weighted by Gasteiger charge is 2.21. The van der Waals surface area contributed by atoms with Gasteiger partial charge in [-0.3, -0.25) is 9.48 Å². The third-order valence-electron chi connectivity index (χ3n) is 4.58. The fourth-order valence-electron chi connectivity index (χ4n) is 2.66.